The van der Waals surface area contributed by atoms with Gasteiger partial charge in [0.25, 0.3) is 0 Å². The molecule has 0 saturated heterocycles. The summed E-state index contributed by atoms with van der Waals surface area (Å²) < 4.78 is 4.64. The van der Waals surface area contributed by atoms with Crippen molar-refractivity contribution in [2.45, 2.75) is 113 Å². The van der Waals surface area contributed by atoms with Crippen LogP contribution in [0.1, 0.15) is 101 Å². The van der Waals surface area contributed by atoms with Gasteiger partial charge in [-0.25, -0.2) is 0 Å². The SMILES string of the molecule is CC(=O)C(O)C(C)C.CCC(C)O.CCCC(=O)OCC.CCCCO.CCCO. The smallest absolute Gasteiger partial charge is 0.305 e. The van der Waals surface area contributed by atoms with E-state index < -0.39 is 6.10 Å². The van der Waals surface area contributed by atoms with Gasteiger partial charge in [-0.2, -0.15) is 0 Å². The quantitative estimate of drug-likeness (QED) is 0.401. The third-order valence-electron chi connectivity index (χ3n) is 3.13. The van der Waals surface area contributed by atoms with Crippen LogP contribution in [0.2, 0.25) is 0 Å². The molecule has 0 heterocycles. The molecular weight excluding hydrogens is 388 g/mol. The van der Waals surface area contributed by atoms with Crippen LogP contribution in [0, 0.1) is 5.92 Å². The van der Waals surface area contributed by atoms with Crippen LogP contribution in [0.25, 0.3) is 0 Å². The van der Waals surface area contributed by atoms with E-state index in [1.807, 2.05) is 41.5 Å². The van der Waals surface area contributed by atoms with E-state index in [1.54, 1.807) is 6.92 Å². The molecule has 0 fully saturated rings. The lowest BCUT2D eigenvalue weighted by Gasteiger charge is -2.08. The predicted octanol–water partition coefficient (Wildman–Crippen LogP) is 3.89. The van der Waals surface area contributed by atoms with Crippen LogP contribution in [0.15, 0.2) is 0 Å². The Morgan fingerprint density at radius 2 is 1.27 bits per heavy atom. The van der Waals surface area contributed by atoms with Crippen LogP contribution in [-0.4, -0.2) is 64.2 Å². The molecule has 0 aliphatic carbocycles. The summed E-state index contributed by atoms with van der Waals surface area (Å²) in [6, 6.07) is 0. The van der Waals surface area contributed by atoms with Gasteiger partial charge in [-0.15, -0.1) is 0 Å². The van der Waals surface area contributed by atoms with Gasteiger partial charge in [0.1, 0.15) is 6.10 Å². The number of rotatable bonds is 9. The molecular formula is C23H52O7. The van der Waals surface area contributed by atoms with Crippen molar-refractivity contribution in [3.63, 3.8) is 0 Å². The molecule has 0 aromatic carbocycles. The highest BCUT2D eigenvalue weighted by Crippen LogP contribution is 2.00. The van der Waals surface area contributed by atoms with E-state index >= 15 is 0 Å². The Balaban J connectivity index is -0.0000000893. The maximum Gasteiger partial charge on any atom is 0.305 e. The van der Waals surface area contributed by atoms with Crippen LogP contribution in [0.3, 0.4) is 0 Å². The molecule has 7 heteroatoms. The zero-order valence-corrected chi connectivity index (χ0v) is 21.1. The van der Waals surface area contributed by atoms with Crippen molar-refractivity contribution in [1.82, 2.24) is 0 Å². The first-order valence-corrected chi connectivity index (χ1v) is 11.2. The molecule has 0 aromatic heterocycles. The van der Waals surface area contributed by atoms with Crippen LogP contribution in [-0.2, 0) is 14.3 Å². The van der Waals surface area contributed by atoms with Gasteiger partial charge in [0, 0.05) is 19.6 Å². The van der Waals surface area contributed by atoms with Crippen LogP contribution < -0.4 is 0 Å². The monoisotopic (exact) mass is 440 g/mol. The van der Waals surface area contributed by atoms with E-state index in [9.17, 15) is 9.59 Å². The van der Waals surface area contributed by atoms with Crippen molar-refractivity contribution >= 4 is 11.8 Å². The van der Waals surface area contributed by atoms with E-state index in [1.165, 1.54) is 6.92 Å². The molecule has 186 valence electrons. The third-order valence-corrected chi connectivity index (χ3v) is 3.13. The standard InChI is InChI=1S/2C6H12O2.2C4H10O.C3H8O/c1-4(2)6(8)5(3)7;1-3-5-6(7)8-4-2;1-3-4(2)5;1-2-3-4-5;1-2-3-4/h4,6,8H,1-3H3;3-5H2,1-2H3;4-5H,3H2,1-2H3;5H,2-4H2,1H3;4H,2-3H2,1H3. The van der Waals surface area contributed by atoms with Crippen molar-refractivity contribution < 1.29 is 34.8 Å². The van der Waals surface area contributed by atoms with Crippen molar-refractivity contribution in [1.29, 1.82) is 0 Å². The average Bonchev–Trinajstić information content (AvgIpc) is 2.69. The van der Waals surface area contributed by atoms with Gasteiger partial charge in [-0.3, -0.25) is 9.59 Å². The fraction of sp³-hybridized carbons (Fsp3) is 0.913. The van der Waals surface area contributed by atoms with Gasteiger partial charge < -0.3 is 25.2 Å². The lowest BCUT2D eigenvalue weighted by atomic mass is 10.1. The Labute approximate surface area is 185 Å². The number of aliphatic hydroxyl groups is 4. The minimum atomic E-state index is -0.769. The Hall–Kier alpha value is -1.02. The summed E-state index contributed by atoms with van der Waals surface area (Å²) in [6.45, 7) is 17.7. The second-order valence-corrected chi connectivity index (χ2v) is 6.91. The van der Waals surface area contributed by atoms with Crippen molar-refractivity contribution in [2.75, 3.05) is 19.8 Å². The largest absolute Gasteiger partial charge is 0.466 e. The molecule has 4 N–H and O–H groups in total. The van der Waals surface area contributed by atoms with E-state index in [4.69, 9.17) is 20.4 Å². The molecule has 2 unspecified atom stereocenters. The molecule has 0 radical (unpaired) electrons. The number of esters is 1. The Kier molecular flexibility index (Phi) is 46.6. The Morgan fingerprint density at radius 1 is 0.833 bits per heavy atom. The molecule has 0 saturated carbocycles. The van der Waals surface area contributed by atoms with Gasteiger partial charge in [-0.05, 0) is 52.4 Å². The summed E-state index contributed by atoms with van der Waals surface area (Å²) in [5.74, 6) is -0.192. The normalized spacial score (nSPS) is 11.0. The first-order chi connectivity index (χ1) is 14.0. The van der Waals surface area contributed by atoms with E-state index in [-0.39, 0.29) is 23.8 Å². The number of unbranched alkanes of at least 4 members (excludes halogenated alkanes) is 1. The van der Waals surface area contributed by atoms with Gasteiger partial charge in [-0.1, -0.05) is 48.0 Å². The maximum absolute atomic E-state index is 10.4. The highest BCUT2D eigenvalue weighted by atomic mass is 16.5. The third kappa shape index (κ3) is 56.3. The lowest BCUT2D eigenvalue weighted by Crippen LogP contribution is -2.22. The molecule has 2 atom stereocenters. The molecule has 0 bridgehead atoms. The van der Waals surface area contributed by atoms with Gasteiger partial charge in [0.05, 0.1) is 12.7 Å². The van der Waals surface area contributed by atoms with Crippen LogP contribution in [0.5, 0.6) is 0 Å². The predicted molar refractivity (Wildman–Crippen MR) is 124 cm³/mol. The maximum atomic E-state index is 10.4. The van der Waals surface area contributed by atoms with Gasteiger partial charge >= 0.3 is 5.97 Å². The molecule has 0 aromatic rings. The number of carbonyl (C=O) groups excluding carboxylic acids is 2. The highest BCUT2D eigenvalue weighted by molar-refractivity contribution is 5.80. The van der Waals surface area contributed by atoms with Crippen LogP contribution >= 0.6 is 0 Å². The molecule has 0 aliphatic rings. The molecule has 7 nitrogen and oxygen atoms in total. The van der Waals surface area contributed by atoms with Crippen LogP contribution in [0.4, 0.5) is 0 Å². The average molecular weight is 441 g/mol. The lowest BCUT2D eigenvalue weighted by molar-refractivity contribution is -0.143. The van der Waals surface area contributed by atoms with E-state index in [2.05, 4.69) is 11.7 Å². The summed E-state index contributed by atoms with van der Waals surface area (Å²) in [7, 11) is 0. The first-order valence-electron chi connectivity index (χ1n) is 11.2. The fourth-order valence-corrected chi connectivity index (χ4v) is 1.06. The number of hydrogen-bond acceptors (Lipinski definition) is 7. The summed E-state index contributed by atoms with van der Waals surface area (Å²) >= 11 is 0. The Bertz CT molecular complexity index is 305. The number of aliphatic hydroxyl groups excluding tert-OH is 4. The van der Waals surface area contributed by atoms with Gasteiger partial charge in [0.2, 0.25) is 0 Å². The minimum absolute atomic E-state index is 0.0486. The molecule has 30 heavy (non-hydrogen) atoms. The fourth-order valence-electron chi connectivity index (χ4n) is 1.06. The Morgan fingerprint density at radius 3 is 1.37 bits per heavy atom. The molecule has 0 aliphatic heterocycles. The van der Waals surface area contributed by atoms with E-state index in [0.717, 1.165) is 32.1 Å². The first kappa shape index (κ1) is 39.5. The number of carbonyl (C=O) groups is 2. The minimum Gasteiger partial charge on any atom is -0.466 e. The number of hydrogen-bond donors (Lipinski definition) is 4. The zero-order chi connectivity index (χ0) is 25.0. The summed E-state index contributed by atoms with van der Waals surface area (Å²) in [5.41, 5.74) is 0. The zero-order valence-electron chi connectivity index (χ0n) is 21.1. The molecule has 0 spiro atoms. The second kappa shape index (κ2) is 35.4. The summed E-state index contributed by atoms with van der Waals surface area (Å²) in [4.78, 5) is 20.8. The highest BCUT2D eigenvalue weighted by Gasteiger charge is 2.12. The topological polar surface area (TPSA) is 124 Å². The van der Waals surface area contributed by atoms with Gasteiger partial charge in [0.15, 0.2) is 5.78 Å². The summed E-state index contributed by atoms with van der Waals surface area (Å²) in [5, 5.41) is 33.2. The van der Waals surface area contributed by atoms with E-state index in [0.29, 0.717) is 26.2 Å². The van der Waals surface area contributed by atoms with Crippen molar-refractivity contribution in [3.05, 3.63) is 0 Å². The summed E-state index contributed by atoms with van der Waals surface area (Å²) in [6.07, 6.45) is 4.31. The molecule has 0 rings (SSSR count). The van der Waals surface area contributed by atoms with Crippen molar-refractivity contribution in [2.24, 2.45) is 5.92 Å². The number of ketones is 1. The number of Topliss-reactive ketones (excluding diaryl/α,β-unsaturated/α-hetero) is 1. The number of ether oxygens (including phenoxy) is 1. The van der Waals surface area contributed by atoms with Crippen molar-refractivity contribution in [3.8, 4) is 0 Å². The molecule has 0 amide bonds. The second-order valence-electron chi connectivity index (χ2n) is 6.91.